The number of aromatic nitrogens is 3. The van der Waals surface area contributed by atoms with Gasteiger partial charge in [-0.1, -0.05) is 30.3 Å². The average Bonchev–Trinajstić information content (AvgIpc) is 2.77. The number of ether oxygens (including phenoxy) is 1. The number of nitrogens with two attached hydrogens (primary N) is 1. The summed E-state index contributed by atoms with van der Waals surface area (Å²) in [4.78, 5) is 37.7. The Bertz CT molecular complexity index is 1070. The molecule has 0 aliphatic carbocycles. The molecule has 0 radical (unpaired) electrons. The number of nitrogens with zero attached hydrogens (tertiary/aromatic N) is 3. The van der Waals surface area contributed by atoms with Crippen LogP contribution >= 0.6 is 11.8 Å². The van der Waals surface area contributed by atoms with Crippen LogP contribution in [0.15, 0.2) is 53.4 Å². The van der Waals surface area contributed by atoms with Crippen LogP contribution in [0.25, 0.3) is 0 Å². The normalized spacial score (nSPS) is 10.5. The van der Waals surface area contributed by atoms with Gasteiger partial charge < -0.3 is 15.8 Å². The minimum absolute atomic E-state index is 0.0148. The molecule has 0 saturated carbocycles. The number of nitrogen functional groups attached to an aromatic ring is 1. The van der Waals surface area contributed by atoms with Crippen LogP contribution in [0.5, 0.6) is 0 Å². The molecular formula is C22H23N5O3S. The highest BCUT2D eigenvalue weighted by Crippen LogP contribution is 2.18. The minimum Gasteiger partial charge on any atom is -0.457 e. The molecule has 0 spiro atoms. The molecule has 160 valence electrons. The van der Waals surface area contributed by atoms with Crippen molar-refractivity contribution in [2.24, 2.45) is 0 Å². The average molecular weight is 438 g/mol. The van der Waals surface area contributed by atoms with E-state index in [1.165, 1.54) is 0 Å². The predicted octanol–water partition coefficient (Wildman–Crippen LogP) is 3.93. The van der Waals surface area contributed by atoms with Crippen molar-refractivity contribution in [1.82, 2.24) is 15.0 Å². The maximum atomic E-state index is 12.2. The lowest BCUT2D eigenvalue weighted by molar-refractivity contribution is -0.145. The van der Waals surface area contributed by atoms with Gasteiger partial charge in [0.25, 0.3) is 0 Å². The fourth-order valence-corrected chi connectivity index (χ4v) is 3.15. The Morgan fingerprint density at radius 1 is 1.03 bits per heavy atom. The highest BCUT2D eigenvalue weighted by atomic mass is 32.2. The lowest BCUT2D eigenvalue weighted by atomic mass is 10.1. The second-order valence-corrected chi connectivity index (χ2v) is 7.57. The number of thioether (sulfide) groups is 1. The van der Waals surface area contributed by atoms with Crippen LogP contribution in [0, 0.1) is 6.92 Å². The van der Waals surface area contributed by atoms with E-state index >= 15 is 0 Å². The van der Waals surface area contributed by atoms with Crippen molar-refractivity contribution in [3.63, 3.8) is 0 Å². The van der Waals surface area contributed by atoms with Gasteiger partial charge in [0.2, 0.25) is 11.9 Å². The van der Waals surface area contributed by atoms with Crippen LogP contribution in [0.3, 0.4) is 0 Å². The highest BCUT2D eigenvalue weighted by molar-refractivity contribution is 7.98. The fraction of sp³-hybridized carbons (Fsp3) is 0.227. The van der Waals surface area contributed by atoms with Gasteiger partial charge in [0.1, 0.15) is 0 Å². The van der Waals surface area contributed by atoms with E-state index < -0.39 is 5.97 Å². The summed E-state index contributed by atoms with van der Waals surface area (Å²) in [5.41, 5.74) is 8.17. The standard InChI is InChI=1S/C22H23N5O3S/c1-14-5-3-4-6-17(14)24-22-26-19(25-21(23)27-22)13-30-20(29)12-11-18(28)15-7-9-16(31-2)10-8-15/h3-10H,11-13H2,1-2H3,(H3,23,24,25,26,27). The maximum absolute atomic E-state index is 12.2. The summed E-state index contributed by atoms with van der Waals surface area (Å²) in [5.74, 6) is -0.131. The highest BCUT2D eigenvalue weighted by Gasteiger charge is 2.12. The number of esters is 1. The molecule has 0 atom stereocenters. The molecule has 0 aliphatic rings. The lowest BCUT2D eigenvalue weighted by Crippen LogP contribution is -2.12. The monoisotopic (exact) mass is 437 g/mol. The number of hydrogen-bond donors (Lipinski definition) is 2. The third-order valence-electron chi connectivity index (χ3n) is 4.42. The van der Waals surface area contributed by atoms with Gasteiger partial charge in [-0.05, 0) is 36.9 Å². The van der Waals surface area contributed by atoms with Crippen molar-refractivity contribution >= 4 is 41.1 Å². The van der Waals surface area contributed by atoms with Crippen LogP contribution in [0.2, 0.25) is 0 Å². The van der Waals surface area contributed by atoms with E-state index in [2.05, 4.69) is 20.3 Å². The lowest BCUT2D eigenvalue weighted by Gasteiger charge is -2.09. The van der Waals surface area contributed by atoms with Gasteiger partial charge in [-0.25, -0.2) is 0 Å². The topological polar surface area (TPSA) is 120 Å². The summed E-state index contributed by atoms with van der Waals surface area (Å²) in [6.07, 6.45) is 2.00. The summed E-state index contributed by atoms with van der Waals surface area (Å²) >= 11 is 1.60. The van der Waals surface area contributed by atoms with Gasteiger partial charge >= 0.3 is 5.97 Å². The Morgan fingerprint density at radius 2 is 1.77 bits per heavy atom. The van der Waals surface area contributed by atoms with E-state index in [0.29, 0.717) is 5.56 Å². The summed E-state index contributed by atoms with van der Waals surface area (Å²) in [6, 6.07) is 14.9. The molecule has 1 aromatic heterocycles. The summed E-state index contributed by atoms with van der Waals surface area (Å²) < 4.78 is 5.20. The van der Waals surface area contributed by atoms with Crippen LogP contribution in [0.1, 0.15) is 34.6 Å². The van der Waals surface area contributed by atoms with Crippen LogP contribution in [-0.2, 0) is 16.1 Å². The molecule has 0 bridgehead atoms. The summed E-state index contributed by atoms with van der Waals surface area (Å²) in [6.45, 7) is 1.79. The number of benzene rings is 2. The largest absolute Gasteiger partial charge is 0.457 e. The zero-order valence-electron chi connectivity index (χ0n) is 17.3. The molecule has 0 amide bonds. The first kappa shape index (κ1) is 22.2. The van der Waals surface area contributed by atoms with E-state index in [0.717, 1.165) is 16.1 Å². The quantitative estimate of drug-likeness (QED) is 0.291. The molecule has 9 heteroatoms. The SMILES string of the molecule is CSc1ccc(C(=O)CCC(=O)OCc2nc(N)nc(Nc3ccccc3C)n2)cc1. The Kier molecular flexibility index (Phi) is 7.55. The zero-order valence-corrected chi connectivity index (χ0v) is 18.1. The number of carbonyl (C=O) groups is 2. The van der Waals surface area contributed by atoms with Gasteiger partial charge in [0.15, 0.2) is 18.2 Å². The third-order valence-corrected chi connectivity index (χ3v) is 5.16. The van der Waals surface area contributed by atoms with Crippen LogP contribution < -0.4 is 11.1 Å². The van der Waals surface area contributed by atoms with E-state index in [4.69, 9.17) is 10.5 Å². The number of carbonyl (C=O) groups excluding carboxylic acids is 2. The molecule has 0 saturated heterocycles. The van der Waals surface area contributed by atoms with Crippen molar-refractivity contribution in [2.45, 2.75) is 31.3 Å². The fourth-order valence-electron chi connectivity index (χ4n) is 2.75. The number of para-hydroxylation sites is 1. The predicted molar refractivity (Wildman–Crippen MR) is 120 cm³/mol. The van der Waals surface area contributed by atoms with Crippen LogP contribution in [0.4, 0.5) is 17.6 Å². The molecule has 8 nitrogen and oxygen atoms in total. The molecule has 31 heavy (non-hydrogen) atoms. The molecule has 2 aromatic carbocycles. The zero-order chi connectivity index (χ0) is 22.2. The van der Waals surface area contributed by atoms with E-state index in [1.807, 2.05) is 49.6 Å². The Morgan fingerprint density at radius 3 is 2.48 bits per heavy atom. The number of nitrogens with one attached hydrogen (secondary N) is 1. The summed E-state index contributed by atoms with van der Waals surface area (Å²) in [5, 5.41) is 3.08. The second kappa shape index (κ2) is 10.5. The molecular weight excluding hydrogens is 414 g/mol. The third kappa shape index (κ3) is 6.51. The molecule has 3 aromatic rings. The number of hydrogen-bond acceptors (Lipinski definition) is 9. The van der Waals surface area contributed by atoms with Gasteiger partial charge in [-0.3, -0.25) is 9.59 Å². The van der Waals surface area contributed by atoms with Crippen molar-refractivity contribution in [2.75, 3.05) is 17.3 Å². The number of Topliss-reactive ketones (excluding diaryl/α,β-unsaturated/α-hetero) is 1. The molecule has 3 N–H and O–H groups in total. The van der Waals surface area contributed by atoms with E-state index in [9.17, 15) is 9.59 Å². The first-order valence-corrected chi connectivity index (χ1v) is 10.8. The van der Waals surface area contributed by atoms with Crippen molar-refractivity contribution in [1.29, 1.82) is 0 Å². The number of ketones is 1. The minimum atomic E-state index is -0.513. The Labute approximate surface area is 184 Å². The number of aryl methyl sites for hydroxylation is 1. The molecule has 1 heterocycles. The van der Waals surface area contributed by atoms with Gasteiger partial charge in [-0.15, -0.1) is 11.8 Å². The number of anilines is 3. The van der Waals surface area contributed by atoms with Crippen molar-refractivity contribution in [3.05, 3.63) is 65.5 Å². The Balaban J connectivity index is 1.53. The molecule has 0 aliphatic heterocycles. The van der Waals surface area contributed by atoms with Crippen molar-refractivity contribution in [3.8, 4) is 0 Å². The molecule has 0 unspecified atom stereocenters. The Hall–Kier alpha value is -3.46. The smallest absolute Gasteiger partial charge is 0.306 e. The van der Waals surface area contributed by atoms with E-state index in [-0.39, 0.29) is 43.0 Å². The van der Waals surface area contributed by atoms with Gasteiger partial charge in [0.05, 0.1) is 6.42 Å². The van der Waals surface area contributed by atoms with Gasteiger partial charge in [-0.2, -0.15) is 15.0 Å². The van der Waals surface area contributed by atoms with Crippen LogP contribution in [-0.4, -0.2) is 33.0 Å². The first-order chi connectivity index (χ1) is 14.9. The molecule has 3 rings (SSSR count). The summed E-state index contributed by atoms with van der Waals surface area (Å²) in [7, 11) is 0. The second-order valence-electron chi connectivity index (χ2n) is 6.69. The van der Waals surface area contributed by atoms with Crippen molar-refractivity contribution < 1.29 is 14.3 Å². The van der Waals surface area contributed by atoms with Gasteiger partial charge in [0, 0.05) is 22.6 Å². The maximum Gasteiger partial charge on any atom is 0.306 e. The first-order valence-electron chi connectivity index (χ1n) is 9.60. The number of rotatable bonds is 9. The molecule has 0 fully saturated rings. The van der Waals surface area contributed by atoms with E-state index in [1.54, 1.807) is 23.9 Å².